The highest BCUT2D eigenvalue weighted by molar-refractivity contribution is 5.55. The zero-order valence-electron chi connectivity index (χ0n) is 14.3. The first-order valence-electron chi connectivity index (χ1n) is 8.62. The first kappa shape index (κ1) is 16.5. The summed E-state index contributed by atoms with van der Waals surface area (Å²) in [6.07, 6.45) is 8.28. The van der Waals surface area contributed by atoms with Gasteiger partial charge in [-0.15, -0.1) is 0 Å². The number of likely N-dealkylation sites (tertiary alicyclic amines) is 1. The second kappa shape index (κ2) is 7.47. The van der Waals surface area contributed by atoms with E-state index in [-0.39, 0.29) is 5.88 Å². The molecule has 4 nitrogen and oxygen atoms in total. The van der Waals surface area contributed by atoms with E-state index in [1.807, 2.05) is 29.4 Å². The Balaban J connectivity index is 1.57. The molecule has 3 rings (SSSR count). The molecule has 2 heterocycles. The molecule has 0 amide bonds. The van der Waals surface area contributed by atoms with Gasteiger partial charge in [-0.1, -0.05) is 23.8 Å². The van der Waals surface area contributed by atoms with Crippen molar-refractivity contribution in [3.63, 3.8) is 0 Å². The maximum atomic E-state index is 9.55. The lowest BCUT2D eigenvalue weighted by Crippen LogP contribution is -2.34. The Morgan fingerprint density at radius 2 is 2.12 bits per heavy atom. The van der Waals surface area contributed by atoms with E-state index < -0.39 is 0 Å². The van der Waals surface area contributed by atoms with Gasteiger partial charge < -0.3 is 10.0 Å². The number of aliphatic hydroxyl groups excluding tert-OH is 1. The lowest BCUT2D eigenvalue weighted by atomic mass is 9.92. The van der Waals surface area contributed by atoms with Crippen molar-refractivity contribution in [2.45, 2.75) is 32.6 Å². The molecule has 1 aromatic carbocycles. The fraction of sp³-hybridized carbons (Fsp3) is 0.400. The van der Waals surface area contributed by atoms with Gasteiger partial charge in [0, 0.05) is 31.0 Å². The molecule has 4 heteroatoms. The molecule has 0 aliphatic carbocycles. The summed E-state index contributed by atoms with van der Waals surface area (Å²) in [5, 5.41) is 9.55. The average Bonchev–Trinajstić information content (AvgIpc) is 2.61. The van der Waals surface area contributed by atoms with Crippen LogP contribution in [0.3, 0.4) is 0 Å². The Bertz CT molecular complexity index is 696. The summed E-state index contributed by atoms with van der Waals surface area (Å²) in [6.45, 7) is 7.53. The number of piperidine rings is 1. The van der Waals surface area contributed by atoms with Crippen LogP contribution in [0.4, 0.5) is 0 Å². The zero-order valence-corrected chi connectivity index (χ0v) is 14.3. The van der Waals surface area contributed by atoms with Gasteiger partial charge in [-0.25, -0.2) is 9.97 Å². The van der Waals surface area contributed by atoms with Crippen LogP contribution in [0.5, 0.6) is 0 Å². The quantitative estimate of drug-likeness (QED) is 0.841. The van der Waals surface area contributed by atoms with Crippen LogP contribution in [0.1, 0.15) is 30.4 Å². The summed E-state index contributed by atoms with van der Waals surface area (Å²) in [5.41, 5.74) is 3.45. The summed E-state index contributed by atoms with van der Waals surface area (Å²) in [4.78, 5) is 11.0. The van der Waals surface area contributed by atoms with E-state index in [9.17, 15) is 5.11 Å². The highest BCUT2D eigenvalue weighted by atomic mass is 16.3. The smallest absolute Gasteiger partial charge is 0.179 e. The fourth-order valence-electron chi connectivity index (χ4n) is 3.32. The number of nitrogens with zero attached hydrogens (tertiary/aromatic N) is 3. The van der Waals surface area contributed by atoms with E-state index in [0.717, 1.165) is 43.7 Å². The van der Waals surface area contributed by atoms with E-state index in [1.165, 1.54) is 17.5 Å². The van der Waals surface area contributed by atoms with Gasteiger partial charge in [0.25, 0.3) is 0 Å². The number of benzene rings is 1. The maximum absolute atomic E-state index is 9.55. The third-order valence-electron chi connectivity index (χ3n) is 4.71. The van der Waals surface area contributed by atoms with Crippen LogP contribution in [0.2, 0.25) is 0 Å². The number of hydrogen-bond acceptors (Lipinski definition) is 4. The van der Waals surface area contributed by atoms with Gasteiger partial charge in [-0.05, 0) is 56.7 Å². The molecule has 0 radical (unpaired) electrons. The molecular formula is C20H25N3O. The van der Waals surface area contributed by atoms with Crippen molar-refractivity contribution in [3.05, 3.63) is 60.2 Å². The van der Waals surface area contributed by atoms with Gasteiger partial charge in [0.15, 0.2) is 11.7 Å². The van der Waals surface area contributed by atoms with Gasteiger partial charge in [-0.3, -0.25) is 0 Å². The summed E-state index contributed by atoms with van der Waals surface area (Å²) in [5.74, 6) is 1.58. The first-order valence-corrected chi connectivity index (χ1v) is 8.62. The molecule has 0 saturated carbocycles. The van der Waals surface area contributed by atoms with Crippen molar-refractivity contribution in [1.82, 2.24) is 14.9 Å². The third kappa shape index (κ3) is 4.13. The van der Waals surface area contributed by atoms with Gasteiger partial charge in [0.1, 0.15) is 0 Å². The molecule has 1 N–H and O–H groups in total. The molecule has 0 spiro atoms. The van der Waals surface area contributed by atoms with Gasteiger partial charge in [0.2, 0.25) is 0 Å². The van der Waals surface area contributed by atoms with E-state index >= 15 is 0 Å². The Morgan fingerprint density at radius 3 is 2.83 bits per heavy atom. The normalized spacial score (nSPS) is 17.7. The fourth-order valence-corrected chi connectivity index (χ4v) is 3.32. The molecule has 1 saturated heterocycles. The van der Waals surface area contributed by atoms with Crippen molar-refractivity contribution < 1.29 is 5.11 Å². The molecule has 24 heavy (non-hydrogen) atoms. The van der Waals surface area contributed by atoms with Crippen LogP contribution in [-0.2, 0) is 6.42 Å². The number of aliphatic hydroxyl groups is 1. The minimum absolute atomic E-state index is 0.200. The number of aryl methyl sites for hydroxylation is 2. The maximum Gasteiger partial charge on any atom is 0.179 e. The van der Waals surface area contributed by atoms with Crippen LogP contribution in [0.15, 0.2) is 49.1 Å². The predicted octanol–water partition coefficient (Wildman–Crippen LogP) is 4.13. The van der Waals surface area contributed by atoms with Crippen molar-refractivity contribution in [1.29, 1.82) is 0 Å². The molecule has 1 aliphatic rings. The minimum Gasteiger partial charge on any atom is -0.495 e. The zero-order chi connectivity index (χ0) is 16.9. The lowest BCUT2D eigenvalue weighted by molar-refractivity contribution is 0.138. The average molecular weight is 323 g/mol. The van der Waals surface area contributed by atoms with Crippen molar-refractivity contribution in [3.8, 4) is 11.4 Å². The lowest BCUT2D eigenvalue weighted by Gasteiger charge is -2.33. The SMILES string of the molecule is C=C(O)N1CCC[C@@H](CCc2cnc(-c3cccc(C)c3)nc2)C1. The molecule has 1 atom stereocenters. The first-order chi connectivity index (χ1) is 11.6. The minimum atomic E-state index is 0.200. The monoisotopic (exact) mass is 323 g/mol. The van der Waals surface area contributed by atoms with Crippen molar-refractivity contribution >= 4 is 0 Å². The topological polar surface area (TPSA) is 49.2 Å². The number of rotatable bonds is 5. The Kier molecular flexibility index (Phi) is 5.14. The molecule has 0 bridgehead atoms. The number of hydrogen-bond donors (Lipinski definition) is 1. The second-order valence-electron chi connectivity index (χ2n) is 6.69. The van der Waals surface area contributed by atoms with Gasteiger partial charge >= 0.3 is 0 Å². The molecule has 2 aromatic rings. The molecule has 0 unspecified atom stereocenters. The Morgan fingerprint density at radius 1 is 1.33 bits per heavy atom. The van der Waals surface area contributed by atoms with Gasteiger partial charge in [0.05, 0.1) is 0 Å². The highest BCUT2D eigenvalue weighted by Gasteiger charge is 2.20. The van der Waals surface area contributed by atoms with E-state index in [0.29, 0.717) is 5.92 Å². The van der Waals surface area contributed by atoms with E-state index in [1.54, 1.807) is 0 Å². The summed E-state index contributed by atoms with van der Waals surface area (Å²) in [7, 11) is 0. The van der Waals surface area contributed by atoms with Crippen molar-refractivity contribution in [2.75, 3.05) is 13.1 Å². The molecule has 1 aliphatic heterocycles. The Hall–Kier alpha value is -2.36. The molecule has 1 aromatic heterocycles. The van der Waals surface area contributed by atoms with Crippen LogP contribution in [0, 0.1) is 12.8 Å². The van der Waals surface area contributed by atoms with E-state index in [2.05, 4.69) is 35.6 Å². The van der Waals surface area contributed by atoms with Gasteiger partial charge in [-0.2, -0.15) is 0 Å². The van der Waals surface area contributed by atoms with Crippen LogP contribution >= 0.6 is 0 Å². The van der Waals surface area contributed by atoms with Crippen LogP contribution < -0.4 is 0 Å². The summed E-state index contributed by atoms with van der Waals surface area (Å²) in [6, 6.07) is 8.26. The predicted molar refractivity (Wildman–Crippen MR) is 96.6 cm³/mol. The standard InChI is InChI=1S/C20H25N3O/c1-15-5-3-7-19(11-15)20-21-12-18(13-22-20)9-8-17-6-4-10-23(14-17)16(2)24/h3,5,7,11-13,17,24H,2,4,6,8-10,14H2,1H3/t17-/m0/s1. The molecule has 1 fully saturated rings. The number of aromatic nitrogens is 2. The Labute approximate surface area is 143 Å². The van der Waals surface area contributed by atoms with E-state index in [4.69, 9.17) is 0 Å². The second-order valence-corrected chi connectivity index (χ2v) is 6.69. The highest BCUT2D eigenvalue weighted by Crippen LogP contribution is 2.23. The van der Waals surface area contributed by atoms with Crippen molar-refractivity contribution in [2.24, 2.45) is 5.92 Å². The summed E-state index contributed by atoms with van der Waals surface area (Å²) >= 11 is 0. The van der Waals surface area contributed by atoms with Crippen LogP contribution in [-0.4, -0.2) is 33.1 Å². The molecular weight excluding hydrogens is 298 g/mol. The van der Waals surface area contributed by atoms with Crippen LogP contribution in [0.25, 0.3) is 11.4 Å². The molecule has 126 valence electrons. The third-order valence-corrected chi connectivity index (χ3v) is 4.71. The summed E-state index contributed by atoms with van der Waals surface area (Å²) < 4.78 is 0. The largest absolute Gasteiger partial charge is 0.495 e.